The van der Waals surface area contributed by atoms with Gasteiger partial charge >= 0.3 is 0 Å². The molecule has 1 saturated carbocycles. The fraction of sp³-hybridized carbons (Fsp3) is 0.857. The molecule has 4 unspecified atom stereocenters. The second-order valence-corrected chi connectivity index (χ2v) is 6.20. The summed E-state index contributed by atoms with van der Waals surface area (Å²) in [7, 11) is 0. The monoisotopic (exact) mass is 249 g/mol. The third kappa shape index (κ3) is 2.30. The van der Waals surface area contributed by atoms with Crippen LogP contribution in [-0.2, 0) is 0 Å². The molecule has 1 N–H and O–H groups in total. The van der Waals surface area contributed by atoms with Gasteiger partial charge in [-0.15, -0.1) is 0 Å². The number of rotatable bonds is 2. The molecular formula is C14H23N3O. The van der Waals surface area contributed by atoms with Gasteiger partial charge < -0.3 is 9.84 Å². The quantitative estimate of drug-likeness (QED) is 0.875. The third-order valence-corrected chi connectivity index (χ3v) is 4.59. The maximum atomic E-state index is 5.51. The molecule has 18 heavy (non-hydrogen) atoms. The zero-order valence-electron chi connectivity index (χ0n) is 11.4. The van der Waals surface area contributed by atoms with Crippen LogP contribution in [0.2, 0.25) is 0 Å². The summed E-state index contributed by atoms with van der Waals surface area (Å²) in [5.74, 6) is 4.14. The van der Waals surface area contributed by atoms with Gasteiger partial charge in [0.1, 0.15) is 0 Å². The van der Waals surface area contributed by atoms with E-state index in [4.69, 9.17) is 4.52 Å². The molecule has 2 fully saturated rings. The summed E-state index contributed by atoms with van der Waals surface area (Å²) in [6, 6.07) is 0. The third-order valence-electron chi connectivity index (χ3n) is 4.59. The van der Waals surface area contributed by atoms with Crippen molar-refractivity contribution in [2.24, 2.45) is 11.8 Å². The first-order valence-electron chi connectivity index (χ1n) is 7.28. The fourth-order valence-electron chi connectivity index (χ4n) is 3.37. The molecule has 0 bridgehead atoms. The number of nitrogens with one attached hydrogen (secondary N) is 1. The predicted octanol–water partition coefficient (Wildman–Crippen LogP) is 2.69. The normalized spacial score (nSPS) is 37.0. The van der Waals surface area contributed by atoms with Crippen molar-refractivity contribution in [1.29, 1.82) is 0 Å². The molecule has 1 aromatic heterocycles. The Kier molecular flexibility index (Phi) is 3.37. The summed E-state index contributed by atoms with van der Waals surface area (Å²) in [6.07, 6.45) is 5.10. The molecule has 4 atom stereocenters. The fourth-order valence-corrected chi connectivity index (χ4v) is 3.37. The molecule has 1 saturated heterocycles. The lowest BCUT2D eigenvalue weighted by atomic mass is 9.82. The number of hydrogen-bond acceptors (Lipinski definition) is 4. The second-order valence-electron chi connectivity index (χ2n) is 6.20. The van der Waals surface area contributed by atoms with Gasteiger partial charge in [0.2, 0.25) is 5.89 Å². The summed E-state index contributed by atoms with van der Waals surface area (Å²) < 4.78 is 5.51. The highest BCUT2D eigenvalue weighted by Gasteiger charge is 2.31. The van der Waals surface area contributed by atoms with Crippen LogP contribution in [0.15, 0.2) is 4.52 Å². The Bertz CT molecular complexity index is 403. The zero-order chi connectivity index (χ0) is 12.5. The van der Waals surface area contributed by atoms with Crippen LogP contribution in [0.3, 0.4) is 0 Å². The van der Waals surface area contributed by atoms with Crippen molar-refractivity contribution in [2.45, 2.75) is 51.4 Å². The van der Waals surface area contributed by atoms with Gasteiger partial charge in [0.25, 0.3) is 0 Å². The molecular weight excluding hydrogens is 226 g/mol. The Morgan fingerprint density at radius 3 is 2.83 bits per heavy atom. The van der Waals surface area contributed by atoms with Crippen molar-refractivity contribution in [3.63, 3.8) is 0 Å². The number of nitrogens with zero attached hydrogens (tertiary/aromatic N) is 2. The SMILES string of the molecule is CC1CCCC(c2noc(C3CNCC3C)n2)C1. The first-order valence-corrected chi connectivity index (χ1v) is 7.28. The van der Waals surface area contributed by atoms with Crippen LogP contribution in [0.4, 0.5) is 0 Å². The molecule has 0 radical (unpaired) electrons. The second kappa shape index (κ2) is 5.00. The number of hydrogen-bond donors (Lipinski definition) is 1. The van der Waals surface area contributed by atoms with Crippen LogP contribution >= 0.6 is 0 Å². The van der Waals surface area contributed by atoms with E-state index in [-0.39, 0.29) is 0 Å². The largest absolute Gasteiger partial charge is 0.339 e. The minimum atomic E-state index is 0.410. The van der Waals surface area contributed by atoms with E-state index in [1.807, 2.05) is 0 Å². The van der Waals surface area contributed by atoms with Crippen molar-refractivity contribution < 1.29 is 4.52 Å². The van der Waals surface area contributed by atoms with Crippen LogP contribution in [0.5, 0.6) is 0 Å². The van der Waals surface area contributed by atoms with Crippen molar-refractivity contribution >= 4 is 0 Å². The van der Waals surface area contributed by atoms with Crippen LogP contribution in [0, 0.1) is 11.8 Å². The zero-order valence-corrected chi connectivity index (χ0v) is 11.4. The van der Waals surface area contributed by atoms with Crippen LogP contribution in [0.1, 0.15) is 63.1 Å². The van der Waals surface area contributed by atoms with Crippen LogP contribution in [-0.4, -0.2) is 23.2 Å². The summed E-state index contributed by atoms with van der Waals surface area (Å²) >= 11 is 0. The van der Waals surface area contributed by atoms with E-state index < -0.39 is 0 Å². The van der Waals surface area contributed by atoms with E-state index in [2.05, 4.69) is 29.3 Å². The average molecular weight is 249 g/mol. The maximum Gasteiger partial charge on any atom is 0.231 e. The van der Waals surface area contributed by atoms with Gasteiger partial charge in [-0.1, -0.05) is 31.8 Å². The molecule has 0 aromatic carbocycles. The Hall–Kier alpha value is -0.900. The Labute approximate surface area is 109 Å². The predicted molar refractivity (Wildman–Crippen MR) is 69.4 cm³/mol. The van der Waals surface area contributed by atoms with E-state index in [1.54, 1.807) is 0 Å². The van der Waals surface area contributed by atoms with Gasteiger partial charge in [-0.05, 0) is 31.2 Å². The summed E-state index contributed by atoms with van der Waals surface area (Å²) in [6.45, 7) is 6.61. The van der Waals surface area contributed by atoms with Crippen LogP contribution < -0.4 is 5.32 Å². The summed E-state index contributed by atoms with van der Waals surface area (Å²) in [5.41, 5.74) is 0. The van der Waals surface area contributed by atoms with Crippen LogP contribution in [0.25, 0.3) is 0 Å². The molecule has 100 valence electrons. The van der Waals surface area contributed by atoms with Gasteiger partial charge in [-0.25, -0.2) is 0 Å². The molecule has 4 heteroatoms. The van der Waals surface area contributed by atoms with Crippen molar-refractivity contribution in [1.82, 2.24) is 15.5 Å². The van der Waals surface area contributed by atoms with E-state index in [1.165, 1.54) is 25.7 Å². The molecule has 2 heterocycles. The molecule has 1 aliphatic heterocycles. The average Bonchev–Trinajstić information content (AvgIpc) is 2.97. The summed E-state index contributed by atoms with van der Waals surface area (Å²) in [4.78, 5) is 4.68. The topological polar surface area (TPSA) is 51.0 Å². The van der Waals surface area contributed by atoms with Crippen molar-refractivity contribution in [2.75, 3.05) is 13.1 Å². The molecule has 3 rings (SSSR count). The standard InChI is InChI=1S/C14H23N3O/c1-9-4-3-5-11(6-9)13-16-14(18-17-13)12-8-15-7-10(12)2/h9-12,15H,3-8H2,1-2H3. The lowest BCUT2D eigenvalue weighted by molar-refractivity contribution is 0.312. The summed E-state index contributed by atoms with van der Waals surface area (Å²) in [5, 5.41) is 7.63. The van der Waals surface area contributed by atoms with Gasteiger partial charge in [-0.2, -0.15) is 4.98 Å². The molecule has 0 spiro atoms. The molecule has 0 amide bonds. The van der Waals surface area contributed by atoms with E-state index in [0.29, 0.717) is 17.8 Å². The smallest absolute Gasteiger partial charge is 0.231 e. The molecule has 1 aromatic rings. The van der Waals surface area contributed by atoms with Gasteiger partial charge in [0.15, 0.2) is 5.82 Å². The Morgan fingerprint density at radius 2 is 2.11 bits per heavy atom. The first-order chi connectivity index (χ1) is 8.74. The lowest BCUT2D eigenvalue weighted by Gasteiger charge is -2.23. The lowest BCUT2D eigenvalue weighted by Crippen LogP contribution is -2.13. The number of aromatic nitrogens is 2. The van der Waals surface area contributed by atoms with Gasteiger partial charge in [-0.3, -0.25) is 0 Å². The highest BCUT2D eigenvalue weighted by atomic mass is 16.5. The Balaban J connectivity index is 1.72. The highest BCUT2D eigenvalue weighted by molar-refractivity contribution is 5.04. The minimum absolute atomic E-state index is 0.410. The maximum absolute atomic E-state index is 5.51. The highest BCUT2D eigenvalue weighted by Crippen LogP contribution is 2.35. The van der Waals surface area contributed by atoms with E-state index in [0.717, 1.165) is 30.7 Å². The Morgan fingerprint density at radius 1 is 1.22 bits per heavy atom. The van der Waals surface area contributed by atoms with E-state index in [9.17, 15) is 0 Å². The minimum Gasteiger partial charge on any atom is -0.339 e. The molecule has 4 nitrogen and oxygen atoms in total. The van der Waals surface area contributed by atoms with Crippen molar-refractivity contribution in [3.8, 4) is 0 Å². The van der Waals surface area contributed by atoms with Gasteiger partial charge in [0.05, 0.1) is 5.92 Å². The first kappa shape index (κ1) is 12.2. The van der Waals surface area contributed by atoms with Crippen molar-refractivity contribution in [3.05, 3.63) is 11.7 Å². The van der Waals surface area contributed by atoms with E-state index >= 15 is 0 Å². The molecule has 1 aliphatic carbocycles. The molecule has 2 aliphatic rings. The van der Waals surface area contributed by atoms with Gasteiger partial charge in [0, 0.05) is 12.5 Å².